The summed E-state index contributed by atoms with van der Waals surface area (Å²) in [5.74, 6) is -1.13. The number of hydrogen-bond donors (Lipinski definition) is 4. The lowest BCUT2D eigenvalue weighted by Crippen LogP contribution is -2.42. The number of amides is 2. The van der Waals surface area contributed by atoms with E-state index in [2.05, 4.69) is 102 Å². The molecular weight excluding hydrogens is 1000 g/mol. The van der Waals surface area contributed by atoms with E-state index in [1.807, 2.05) is 81.4 Å². The van der Waals surface area contributed by atoms with Gasteiger partial charge < -0.3 is 36.1 Å². The minimum atomic E-state index is -1.00. The summed E-state index contributed by atoms with van der Waals surface area (Å²) in [6.07, 6.45) is 2.80. The molecule has 2 amide bonds. The molecule has 0 unspecified atom stereocenters. The number of carbonyl (C=O) groups excluding carboxylic acids is 3. The molecule has 0 aromatic heterocycles. The van der Waals surface area contributed by atoms with Crippen molar-refractivity contribution in [1.82, 2.24) is 9.80 Å². The molecule has 2 saturated heterocycles. The van der Waals surface area contributed by atoms with Gasteiger partial charge in [-0.25, -0.2) is 19.2 Å². The van der Waals surface area contributed by atoms with Crippen LogP contribution in [0.2, 0.25) is 0 Å². The lowest BCUT2D eigenvalue weighted by atomic mass is 9.98. The first-order chi connectivity index (χ1) is 38.6. The van der Waals surface area contributed by atoms with Gasteiger partial charge in [0.15, 0.2) is 0 Å². The van der Waals surface area contributed by atoms with E-state index in [0.717, 1.165) is 34.2 Å². The molecule has 0 spiro atoms. The number of nitrogens with two attached hydrogens (primary N) is 2. The van der Waals surface area contributed by atoms with Crippen LogP contribution < -0.4 is 11.5 Å². The van der Waals surface area contributed by atoms with Crippen LogP contribution in [-0.2, 0) is 36.7 Å². The monoisotopic (exact) mass is 1080 g/mol. The Hall–Kier alpha value is -8.53. The van der Waals surface area contributed by atoms with E-state index in [9.17, 15) is 28.7 Å². The molecule has 4 atom stereocenters. The summed E-state index contributed by atoms with van der Waals surface area (Å²) < 4.78 is 26.8. The van der Waals surface area contributed by atoms with Crippen molar-refractivity contribution in [2.45, 2.75) is 90.1 Å². The van der Waals surface area contributed by atoms with Crippen molar-refractivity contribution in [3.63, 3.8) is 0 Å². The lowest BCUT2D eigenvalue weighted by molar-refractivity contribution is -0.148. The highest BCUT2D eigenvalue weighted by Crippen LogP contribution is 2.46. The molecule has 6 N–H and O–H groups in total. The Bertz CT molecular complexity index is 3050. The first kappa shape index (κ1) is 56.7. The summed E-state index contributed by atoms with van der Waals surface area (Å²) in [6, 6.07) is 47.6. The van der Waals surface area contributed by atoms with Gasteiger partial charge >= 0.3 is 24.1 Å². The van der Waals surface area contributed by atoms with Crippen LogP contribution >= 0.6 is 0 Å². The molecule has 79 heavy (non-hydrogen) atoms. The minimum Gasteiger partial charge on any atom is -0.480 e. The molecule has 414 valence electrons. The van der Waals surface area contributed by atoms with Crippen LogP contribution in [0, 0.1) is 25.7 Å². The Kier molecular flexibility index (Phi) is 19.9. The van der Waals surface area contributed by atoms with E-state index in [4.69, 9.17) is 32.4 Å². The van der Waals surface area contributed by atoms with Gasteiger partial charge in [-0.05, 0) is 108 Å². The number of fused-ring (bicyclic) bond motifs is 6. The second-order valence-electron chi connectivity index (χ2n) is 20.3. The van der Waals surface area contributed by atoms with Crippen LogP contribution in [0.1, 0.15) is 97.2 Å². The van der Waals surface area contributed by atoms with Gasteiger partial charge in [0.2, 0.25) is 0 Å². The molecule has 2 heterocycles. The van der Waals surface area contributed by atoms with Crippen molar-refractivity contribution >= 4 is 35.8 Å². The number of carbonyl (C=O) groups is 4. The Morgan fingerprint density at radius 3 is 1.34 bits per heavy atom. The van der Waals surface area contributed by atoms with E-state index in [1.165, 1.54) is 48.7 Å². The second kappa shape index (κ2) is 27.7. The van der Waals surface area contributed by atoms with Crippen LogP contribution in [0.5, 0.6) is 0 Å². The highest BCUT2D eigenvalue weighted by Gasteiger charge is 2.39. The highest BCUT2D eigenvalue weighted by atomic mass is 19.1. The number of nitrogens with zero attached hydrogens (tertiary/aromatic N) is 4. The summed E-state index contributed by atoms with van der Waals surface area (Å²) in [6.45, 7) is 9.25. The first-order valence-electron chi connectivity index (χ1n) is 27.3. The fraction of sp³-hybridized carbons (Fsp3) is 0.333. The molecule has 6 aromatic rings. The summed E-state index contributed by atoms with van der Waals surface area (Å²) in [5, 5.41) is 24.6. The van der Waals surface area contributed by atoms with Crippen molar-refractivity contribution in [1.29, 1.82) is 0 Å². The number of rotatable bonds is 13. The van der Waals surface area contributed by atoms with E-state index in [1.54, 1.807) is 0 Å². The zero-order valence-electron chi connectivity index (χ0n) is 46.2. The van der Waals surface area contributed by atoms with Gasteiger partial charge in [0.05, 0.1) is 8.52 Å². The number of likely N-dealkylation sites (tertiary alicyclic amines) is 2. The van der Waals surface area contributed by atoms with E-state index in [-0.39, 0.29) is 48.6 Å². The third-order valence-corrected chi connectivity index (χ3v) is 14.9. The van der Waals surface area contributed by atoms with Gasteiger partial charge in [0.25, 0.3) is 0 Å². The average Bonchev–Trinajstić information content (AvgIpc) is 4.39. The van der Waals surface area contributed by atoms with Gasteiger partial charge in [0.1, 0.15) is 37.0 Å². The summed E-state index contributed by atoms with van der Waals surface area (Å²) in [7, 11) is -1.00. The van der Waals surface area contributed by atoms with Gasteiger partial charge in [-0.15, -0.1) is 0 Å². The van der Waals surface area contributed by atoms with Crippen LogP contribution in [-0.4, -0.2) is 101 Å². The number of amidine groups is 2. The zero-order chi connectivity index (χ0) is 57.3. The topological polar surface area (TPSA) is 220 Å². The van der Waals surface area contributed by atoms with Crippen molar-refractivity contribution in [3.8, 4) is 22.3 Å². The molecule has 10 rings (SSSR count). The standard InChI is InChI=1S/C31H33N3O4.C20H19NO4.C11H16N2O.CH3F/c1-20-13-15-22(16-14-20)18-21(2)29(32)33-38-30(35)28-12-7-17-34(28)31(36)37-19-27-25-10-5-3-8-23(25)24-9-4-6-11-26(24)27;22-19(23)18-10-5-11-21(18)20(24)25-12-17-15-8-3-1-6-13(15)14-7-2-4-9-16(14)17;1-8-3-5-10(6-4-8)7-9(2)11(12)13-14;1-2/h3-6,8-11,13-16,21,27-28H,7,12,17-19H2,1-2H3,(H2,32,33);1-4,6-9,17-18H,5,10-12H2,(H,22,23);3-6,9,14H,7H2,1-2H3,(H2,12,13);1H3/t21-,28-;18-;9-;/m000./s1/i;;;1D. The first-order valence-corrected chi connectivity index (χ1v) is 26.6. The quantitative estimate of drug-likeness (QED) is 0.0280. The molecule has 6 aromatic carbocycles. The maximum Gasteiger partial charge on any atom is 0.410 e. The van der Waals surface area contributed by atoms with E-state index >= 15 is 0 Å². The molecule has 4 aliphatic rings. The van der Waals surface area contributed by atoms with Crippen molar-refractivity contribution in [2.24, 2.45) is 33.6 Å². The average molecular weight is 1080 g/mol. The lowest BCUT2D eigenvalue weighted by Gasteiger charge is -2.23. The van der Waals surface area contributed by atoms with Crippen LogP contribution in [0.25, 0.3) is 22.3 Å². The number of halogens is 1. The Balaban J connectivity index is 0.000000188. The molecular formula is C63H71FN6O9. The fourth-order valence-electron chi connectivity index (χ4n) is 10.5. The normalized spacial score (nSPS) is 17.1. The van der Waals surface area contributed by atoms with Crippen molar-refractivity contribution in [2.75, 3.05) is 33.5 Å². The third kappa shape index (κ3) is 14.3. The summed E-state index contributed by atoms with van der Waals surface area (Å²) in [4.78, 5) is 57.5. The molecule has 2 aliphatic carbocycles. The highest BCUT2D eigenvalue weighted by molar-refractivity contribution is 5.86. The predicted molar refractivity (Wildman–Crippen MR) is 303 cm³/mol. The SMILES string of the molecule is Cc1ccc(C[C@H](C)/C(N)=N/O)cc1.Cc1ccc(C[C@H](C)/C(N)=N/OC(=O)[C@@H]2CCCN2C(=O)OCC2c3ccccc3-c3ccccc32)cc1.O=C(O)[C@@H]1CCCN1C(=O)OCC1c2ccccc2-c2ccccc21.[2H]CF. The second-order valence-corrected chi connectivity index (χ2v) is 20.3. The third-order valence-electron chi connectivity index (χ3n) is 14.9. The smallest absolute Gasteiger partial charge is 0.410 e. The van der Waals surface area contributed by atoms with Gasteiger partial charge in [-0.2, -0.15) is 0 Å². The number of carboxylic acids is 1. The molecule has 16 heteroatoms. The Morgan fingerprint density at radius 1 is 0.608 bits per heavy atom. The van der Waals surface area contributed by atoms with Crippen LogP contribution in [0.15, 0.2) is 156 Å². The van der Waals surface area contributed by atoms with Gasteiger partial charge in [0, 0.05) is 36.8 Å². The molecule has 2 fully saturated rings. The van der Waals surface area contributed by atoms with Gasteiger partial charge in [-0.1, -0.05) is 181 Å². The zero-order valence-corrected chi connectivity index (χ0v) is 45.2. The number of oxime groups is 2. The molecule has 0 saturated carbocycles. The number of alkyl halides is 1. The van der Waals surface area contributed by atoms with Crippen LogP contribution in [0.4, 0.5) is 14.0 Å². The summed E-state index contributed by atoms with van der Waals surface area (Å²) in [5.41, 5.74) is 25.6. The van der Waals surface area contributed by atoms with Crippen molar-refractivity contribution in [3.05, 3.63) is 190 Å². The van der Waals surface area contributed by atoms with E-state index in [0.29, 0.717) is 45.2 Å². The number of aryl methyl sites for hydroxylation is 2. The number of benzene rings is 6. The number of ether oxygens (including phenoxy) is 2. The predicted octanol–water partition coefficient (Wildman–Crippen LogP) is 11.4. The molecule has 15 nitrogen and oxygen atoms in total. The van der Waals surface area contributed by atoms with Gasteiger partial charge in [-0.3, -0.25) is 14.2 Å². The minimum absolute atomic E-state index is 0.0118. The Morgan fingerprint density at radius 2 is 0.962 bits per heavy atom. The summed E-state index contributed by atoms with van der Waals surface area (Å²) >= 11 is 0. The van der Waals surface area contributed by atoms with E-state index < -0.39 is 43.4 Å². The number of aliphatic carboxylic acids is 1. The molecule has 0 radical (unpaired) electrons. The van der Waals surface area contributed by atoms with Crippen LogP contribution in [0.3, 0.4) is 0 Å². The number of carboxylic acid groups (broad SMARTS) is 1. The maximum absolute atomic E-state index is 13.0. The molecule has 2 aliphatic heterocycles. The Labute approximate surface area is 463 Å². The van der Waals surface area contributed by atoms with Crippen molar-refractivity contribution < 1.29 is 49.6 Å². The number of hydrogen-bond acceptors (Lipinski definition) is 10. The largest absolute Gasteiger partial charge is 0.480 e. The fourth-order valence-corrected chi connectivity index (χ4v) is 10.5. The molecule has 0 bridgehead atoms. The maximum atomic E-state index is 13.0.